The third kappa shape index (κ3) is 8.67. The van der Waals surface area contributed by atoms with Gasteiger partial charge >= 0.3 is 170 Å². The first-order chi connectivity index (χ1) is 13.0. The van der Waals surface area contributed by atoms with Gasteiger partial charge in [-0.25, -0.2) is 0 Å². The van der Waals surface area contributed by atoms with Crippen molar-refractivity contribution in [3.8, 4) is 0 Å². The molecule has 0 fully saturated rings. The van der Waals surface area contributed by atoms with Crippen molar-refractivity contribution in [2.24, 2.45) is 0 Å². The van der Waals surface area contributed by atoms with Gasteiger partial charge in [0.1, 0.15) is 0 Å². The predicted molar refractivity (Wildman–Crippen MR) is 112 cm³/mol. The van der Waals surface area contributed by atoms with Crippen LogP contribution in [0, 0.1) is 0 Å². The quantitative estimate of drug-likeness (QED) is 0.249. The molecule has 0 saturated carbocycles. The van der Waals surface area contributed by atoms with Gasteiger partial charge in [0.15, 0.2) is 0 Å². The van der Waals surface area contributed by atoms with Crippen molar-refractivity contribution < 1.29 is 17.4 Å². The number of esters is 1. The van der Waals surface area contributed by atoms with Crippen molar-refractivity contribution in [2.45, 2.75) is 85.6 Å². The van der Waals surface area contributed by atoms with Gasteiger partial charge in [0, 0.05) is 0 Å². The first kappa shape index (κ1) is 24.0. The molecule has 0 aliphatic rings. The molecule has 0 N–H and O–H groups in total. The molecular weight excluding hydrogens is 447 g/mol. The molecule has 5 heteroatoms. The summed E-state index contributed by atoms with van der Waals surface area (Å²) >= 11 is -3.10. The molecule has 0 unspecified atom stereocenters. The predicted octanol–water partition coefficient (Wildman–Crippen LogP) is 6.18. The monoisotopic (exact) mass is 484 g/mol. The Morgan fingerprint density at radius 1 is 0.889 bits per heavy atom. The molecule has 152 valence electrons. The number of hydrogen-bond acceptors (Lipinski definition) is 4. The van der Waals surface area contributed by atoms with E-state index in [-0.39, 0.29) is 5.97 Å². The van der Waals surface area contributed by atoms with Crippen LogP contribution in [0.3, 0.4) is 0 Å². The van der Waals surface area contributed by atoms with Gasteiger partial charge in [-0.05, 0) is 0 Å². The zero-order chi connectivity index (χ0) is 20.1. The van der Waals surface area contributed by atoms with Crippen LogP contribution in [0.15, 0.2) is 30.3 Å². The van der Waals surface area contributed by atoms with Crippen LogP contribution in [0.5, 0.6) is 0 Å². The Balaban J connectivity index is 3.08. The summed E-state index contributed by atoms with van der Waals surface area (Å²) in [6.07, 6.45) is 5.72. The van der Waals surface area contributed by atoms with Gasteiger partial charge in [-0.1, -0.05) is 0 Å². The van der Waals surface area contributed by atoms with Crippen LogP contribution >= 0.6 is 0 Å². The number of carbonyl (C=O) groups is 2. The Morgan fingerprint density at radius 2 is 1.37 bits per heavy atom. The minimum absolute atomic E-state index is 0.365. The van der Waals surface area contributed by atoms with E-state index in [1.807, 2.05) is 30.3 Å². The number of ether oxygens (including phenoxy) is 1. The van der Waals surface area contributed by atoms with Crippen molar-refractivity contribution in [3.05, 3.63) is 35.9 Å². The molecule has 0 spiro atoms. The molecule has 0 bridgehead atoms. The van der Waals surface area contributed by atoms with Gasteiger partial charge < -0.3 is 0 Å². The number of carbonyl (C=O) groups excluding carboxylic acids is 2. The Morgan fingerprint density at radius 3 is 1.78 bits per heavy atom. The van der Waals surface area contributed by atoms with E-state index in [0.29, 0.717) is 5.56 Å². The van der Waals surface area contributed by atoms with E-state index in [1.54, 1.807) is 0 Å². The van der Waals surface area contributed by atoms with E-state index in [4.69, 9.17) is 7.81 Å². The van der Waals surface area contributed by atoms with Crippen LogP contribution in [0.1, 0.15) is 77.9 Å². The van der Waals surface area contributed by atoms with Crippen LogP contribution in [0.4, 0.5) is 0 Å². The van der Waals surface area contributed by atoms with E-state index in [0.717, 1.165) is 51.8 Å². The van der Waals surface area contributed by atoms with Gasteiger partial charge in [0.2, 0.25) is 0 Å². The Hall–Kier alpha value is -1.04. The second-order valence-corrected chi connectivity index (χ2v) is 18.9. The third-order valence-electron chi connectivity index (χ3n) is 4.88. The standard InChI is InChI=1S/C10H10O4.3C4H9.Sn/c1-7(11)14-9(10(12)13)8-5-3-2-4-6-8;3*1-3-4-2;/h2-6,9H,1H3,(H,12,13);3*1,3-4H2,2H3;/q;;;;+1/p-1/t9-;;;;/m0..../s1. The molecule has 1 atom stereocenters. The second-order valence-electron chi connectivity index (χ2n) is 7.31. The van der Waals surface area contributed by atoms with E-state index >= 15 is 0 Å². The van der Waals surface area contributed by atoms with Crippen LogP contribution in [0.2, 0.25) is 13.3 Å². The second kappa shape index (κ2) is 13.2. The number of unbranched alkanes of at least 4 members (excludes halogenated alkanes) is 3. The van der Waals surface area contributed by atoms with Gasteiger partial charge in [-0.3, -0.25) is 0 Å². The molecule has 1 aromatic carbocycles. The Bertz CT molecular complexity index is 537. The molecule has 0 aliphatic heterocycles. The average molecular weight is 483 g/mol. The van der Waals surface area contributed by atoms with Crippen molar-refractivity contribution in [1.29, 1.82) is 0 Å². The van der Waals surface area contributed by atoms with E-state index in [2.05, 4.69) is 20.8 Å². The summed E-state index contributed by atoms with van der Waals surface area (Å²) in [5.41, 5.74) is 0.680. The SMILES string of the molecule is CCC[CH2][Sn]([CH2]CCC)([CH2]CCC)[O]C(=O)[C@@H](OC(C)=O)c1ccccc1. The van der Waals surface area contributed by atoms with Crippen LogP contribution < -0.4 is 0 Å². The summed E-state index contributed by atoms with van der Waals surface area (Å²) in [5, 5.41) is 0. The summed E-state index contributed by atoms with van der Waals surface area (Å²) in [7, 11) is 0. The molecule has 0 heterocycles. The molecule has 0 aliphatic carbocycles. The summed E-state index contributed by atoms with van der Waals surface area (Å²) < 4.78 is 14.9. The van der Waals surface area contributed by atoms with Gasteiger partial charge in [-0.15, -0.1) is 0 Å². The molecule has 1 aromatic rings. The minimum atomic E-state index is -3.10. The van der Waals surface area contributed by atoms with Gasteiger partial charge in [-0.2, -0.15) is 0 Å². The van der Waals surface area contributed by atoms with Crippen molar-refractivity contribution in [3.63, 3.8) is 0 Å². The zero-order valence-electron chi connectivity index (χ0n) is 17.5. The summed E-state index contributed by atoms with van der Waals surface area (Å²) in [5.74, 6) is -0.826. The molecule has 4 nitrogen and oxygen atoms in total. The molecule has 1 rings (SSSR count). The van der Waals surface area contributed by atoms with E-state index in [9.17, 15) is 9.59 Å². The van der Waals surface area contributed by atoms with Crippen LogP contribution in [0.25, 0.3) is 0 Å². The summed E-state index contributed by atoms with van der Waals surface area (Å²) in [4.78, 5) is 24.7. The molecule has 0 aromatic heterocycles. The topological polar surface area (TPSA) is 52.6 Å². The fourth-order valence-electron chi connectivity index (χ4n) is 3.34. The summed E-state index contributed by atoms with van der Waals surface area (Å²) in [6, 6.07) is 9.21. The Labute approximate surface area is 169 Å². The zero-order valence-corrected chi connectivity index (χ0v) is 20.3. The number of hydrogen-bond donors (Lipinski definition) is 0. The van der Waals surface area contributed by atoms with Crippen LogP contribution in [-0.2, 0) is 17.4 Å². The molecule has 27 heavy (non-hydrogen) atoms. The Kier molecular flexibility index (Phi) is 11.7. The maximum absolute atomic E-state index is 13.1. The maximum atomic E-state index is 13.1. The average Bonchev–Trinajstić information content (AvgIpc) is 2.67. The normalized spacial score (nSPS) is 12.4. The number of rotatable bonds is 13. The fourth-order valence-corrected chi connectivity index (χ4v) is 16.4. The van der Waals surface area contributed by atoms with Gasteiger partial charge in [0.05, 0.1) is 0 Å². The first-order valence-corrected chi connectivity index (χ1v) is 17.6. The van der Waals surface area contributed by atoms with Crippen LogP contribution in [-0.4, -0.2) is 30.7 Å². The molecule has 0 radical (unpaired) electrons. The van der Waals surface area contributed by atoms with Crippen molar-refractivity contribution >= 4 is 30.7 Å². The summed E-state index contributed by atoms with van der Waals surface area (Å²) in [6.45, 7) is 7.89. The third-order valence-corrected chi connectivity index (χ3v) is 17.5. The fraction of sp³-hybridized carbons (Fsp3) is 0.636. The molecule has 0 saturated heterocycles. The van der Waals surface area contributed by atoms with Gasteiger partial charge in [0.25, 0.3) is 0 Å². The van der Waals surface area contributed by atoms with Crippen molar-refractivity contribution in [2.75, 3.05) is 0 Å². The molecule has 0 amide bonds. The first-order valence-electron chi connectivity index (χ1n) is 10.4. The van der Waals surface area contributed by atoms with E-state index in [1.165, 1.54) is 6.92 Å². The van der Waals surface area contributed by atoms with E-state index < -0.39 is 30.9 Å². The molecular formula is C22H36O4Sn. The van der Waals surface area contributed by atoms with Crippen molar-refractivity contribution in [1.82, 2.24) is 0 Å². The number of benzene rings is 1.